The number of carboxylic acids is 1. The maximum absolute atomic E-state index is 10.7. The molecular weight excluding hydrogens is 308 g/mol. The van der Waals surface area contributed by atoms with Crippen LogP contribution in [0.15, 0.2) is 48.5 Å². The number of aliphatic carboxylic acids is 1. The lowest BCUT2D eigenvalue weighted by Gasteiger charge is -2.16. The Hall–Kier alpha value is -2.66. The largest absolute Gasteiger partial charge is 0.480 e. The van der Waals surface area contributed by atoms with Crippen LogP contribution in [0.2, 0.25) is 0 Å². The van der Waals surface area contributed by atoms with Crippen LogP contribution >= 0.6 is 11.3 Å². The van der Waals surface area contributed by atoms with Gasteiger partial charge in [0.15, 0.2) is 0 Å². The highest BCUT2D eigenvalue weighted by Crippen LogP contribution is 2.23. The number of nitrogens with zero attached hydrogens (tertiary/aromatic N) is 2. The molecule has 0 unspecified atom stereocenters. The number of para-hydroxylation sites is 1. The molecule has 0 atom stereocenters. The Balaban J connectivity index is 1.73. The first-order valence-corrected chi connectivity index (χ1v) is 8.00. The molecule has 0 fully saturated rings. The van der Waals surface area contributed by atoms with E-state index in [0.29, 0.717) is 0 Å². The number of hydrogen-bond acceptors (Lipinski definition) is 4. The summed E-state index contributed by atoms with van der Waals surface area (Å²) in [5.41, 5.74) is 2.95. The van der Waals surface area contributed by atoms with Gasteiger partial charge in [-0.1, -0.05) is 30.3 Å². The first-order valence-electron chi connectivity index (χ1n) is 7.18. The van der Waals surface area contributed by atoms with Gasteiger partial charge in [-0.05, 0) is 35.9 Å². The smallest absolute Gasteiger partial charge is 0.323 e. The van der Waals surface area contributed by atoms with Crippen molar-refractivity contribution in [3.63, 3.8) is 0 Å². The summed E-state index contributed by atoms with van der Waals surface area (Å²) in [7, 11) is 1.76. The van der Waals surface area contributed by atoms with Crippen LogP contribution in [-0.4, -0.2) is 29.7 Å². The third-order valence-corrected chi connectivity index (χ3v) is 4.44. The normalized spacial score (nSPS) is 11.2. The van der Waals surface area contributed by atoms with E-state index >= 15 is 0 Å². The minimum atomic E-state index is -0.840. The van der Waals surface area contributed by atoms with Crippen molar-refractivity contribution in [1.29, 1.82) is 0 Å². The molecule has 23 heavy (non-hydrogen) atoms. The Morgan fingerprint density at radius 1 is 1.17 bits per heavy atom. The molecular formula is C18H16N2O2S. The zero-order valence-electron chi connectivity index (χ0n) is 12.6. The van der Waals surface area contributed by atoms with Crippen LogP contribution in [0.4, 0.5) is 5.69 Å². The monoisotopic (exact) mass is 324 g/mol. The highest BCUT2D eigenvalue weighted by Gasteiger charge is 2.05. The molecule has 0 radical (unpaired) electrons. The number of thiazole rings is 1. The predicted molar refractivity (Wildman–Crippen MR) is 95.9 cm³/mol. The van der Waals surface area contributed by atoms with Crippen LogP contribution in [0.3, 0.4) is 0 Å². The number of carboxylic acid groups (broad SMARTS) is 1. The highest BCUT2D eigenvalue weighted by atomic mass is 32.1. The Morgan fingerprint density at radius 3 is 2.61 bits per heavy atom. The molecule has 1 heterocycles. The van der Waals surface area contributed by atoms with Gasteiger partial charge < -0.3 is 10.0 Å². The summed E-state index contributed by atoms with van der Waals surface area (Å²) in [5, 5.41) is 9.78. The molecule has 0 saturated carbocycles. The van der Waals surface area contributed by atoms with Gasteiger partial charge in [0.2, 0.25) is 0 Å². The second kappa shape index (κ2) is 6.62. The summed E-state index contributed by atoms with van der Waals surface area (Å²) in [6.07, 6.45) is 4.01. The Labute approximate surface area is 138 Å². The minimum absolute atomic E-state index is 0.0130. The third-order valence-electron chi connectivity index (χ3n) is 3.44. The van der Waals surface area contributed by atoms with Crippen molar-refractivity contribution in [3.8, 4) is 0 Å². The van der Waals surface area contributed by atoms with E-state index in [4.69, 9.17) is 5.11 Å². The van der Waals surface area contributed by atoms with Crippen LogP contribution < -0.4 is 4.90 Å². The SMILES string of the molecule is CN(CC(=O)O)c1ccc(/C=C/c2nc3ccccc3s2)cc1. The molecule has 0 spiro atoms. The number of likely N-dealkylation sites (N-methyl/N-ethyl adjacent to an activating group) is 1. The van der Waals surface area contributed by atoms with Gasteiger partial charge in [0, 0.05) is 12.7 Å². The van der Waals surface area contributed by atoms with Gasteiger partial charge in [0.1, 0.15) is 11.6 Å². The maximum atomic E-state index is 10.7. The molecule has 116 valence electrons. The molecule has 3 aromatic rings. The minimum Gasteiger partial charge on any atom is -0.480 e. The average Bonchev–Trinajstić information content (AvgIpc) is 2.95. The van der Waals surface area contributed by atoms with E-state index in [1.165, 1.54) is 4.70 Å². The summed E-state index contributed by atoms with van der Waals surface area (Å²) in [5.74, 6) is -0.840. The van der Waals surface area contributed by atoms with Crippen molar-refractivity contribution in [2.75, 3.05) is 18.5 Å². The molecule has 2 aromatic carbocycles. The van der Waals surface area contributed by atoms with E-state index in [1.54, 1.807) is 23.3 Å². The van der Waals surface area contributed by atoms with Crippen LogP contribution in [-0.2, 0) is 4.79 Å². The van der Waals surface area contributed by atoms with Gasteiger partial charge in [0.25, 0.3) is 0 Å². The van der Waals surface area contributed by atoms with Crippen molar-refractivity contribution < 1.29 is 9.90 Å². The van der Waals surface area contributed by atoms with E-state index in [1.807, 2.05) is 54.6 Å². The van der Waals surface area contributed by atoms with Gasteiger partial charge >= 0.3 is 5.97 Å². The number of hydrogen-bond donors (Lipinski definition) is 1. The van der Waals surface area contributed by atoms with Crippen molar-refractivity contribution >= 4 is 45.4 Å². The first kappa shape index (κ1) is 15.2. The molecule has 0 aliphatic heterocycles. The van der Waals surface area contributed by atoms with Gasteiger partial charge in [-0.15, -0.1) is 11.3 Å². The van der Waals surface area contributed by atoms with E-state index in [-0.39, 0.29) is 6.54 Å². The summed E-state index contributed by atoms with van der Waals surface area (Å²) >= 11 is 1.66. The average molecular weight is 324 g/mol. The van der Waals surface area contributed by atoms with E-state index in [0.717, 1.165) is 21.8 Å². The molecule has 5 heteroatoms. The summed E-state index contributed by atoms with van der Waals surface area (Å²) < 4.78 is 1.18. The Bertz CT molecular complexity index is 820. The first-order chi connectivity index (χ1) is 11.1. The van der Waals surface area contributed by atoms with Gasteiger partial charge in [-0.2, -0.15) is 0 Å². The standard InChI is InChI=1S/C18H16N2O2S/c1-20(12-18(21)22)14-9-6-13(7-10-14)8-11-17-19-15-4-2-3-5-16(15)23-17/h2-11H,12H2,1H3,(H,21,22)/b11-8+. The van der Waals surface area contributed by atoms with Crippen LogP contribution in [0.1, 0.15) is 10.6 Å². The van der Waals surface area contributed by atoms with Crippen LogP contribution in [0.25, 0.3) is 22.4 Å². The van der Waals surface area contributed by atoms with Crippen molar-refractivity contribution in [2.45, 2.75) is 0 Å². The lowest BCUT2D eigenvalue weighted by Crippen LogP contribution is -2.24. The third kappa shape index (κ3) is 3.76. The number of fused-ring (bicyclic) bond motifs is 1. The highest BCUT2D eigenvalue weighted by molar-refractivity contribution is 7.19. The molecule has 0 amide bonds. The topological polar surface area (TPSA) is 53.4 Å². The van der Waals surface area contributed by atoms with E-state index in [2.05, 4.69) is 11.1 Å². The van der Waals surface area contributed by atoms with Crippen molar-refractivity contribution in [1.82, 2.24) is 4.98 Å². The van der Waals surface area contributed by atoms with Crippen LogP contribution in [0, 0.1) is 0 Å². The van der Waals surface area contributed by atoms with Gasteiger partial charge in [-0.25, -0.2) is 4.98 Å². The molecule has 0 saturated heterocycles. The molecule has 0 aliphatic carbocycles. The summed E-state index contributed by atoms with van der Waals surface area (Å²) in [6, 6.07) is 15.9. The second-order valence-electron chi connectivity index (χ2n) is 5.19. The lowest BCUT2D eigenvalue weighted by atomic mass is 10.2. The quantitative estimate of drug-likeness (QED) is 0.771. The molecule has 1 aromatic heterocycles. The fourth-order valence-electron chi connectivity index (χ4n) is 2.26. The van der Waals surface area contributed by atoms with Crippen molar-refractivity contribution in [2.24, 2.45) is 0 Å². The summed E-state index contributed by atoms with van der Waals surface area (Å²) in [4.78, 5) is 17.0. The zero-order valence-corrected chi connectivity index (χ0v) is 13.5. The number of aromatic nitrogens is 1. The second-order valence-corrected chi connectivity index (χ2v) is 6.26. The van der Waals surface area contributed by atoms with Gasteiger partial charge in [0.05, 0.1) is 10.2 Å². The molecule has 0 aliphatic rings. The Morgan fingerprint density at radius 2 is 1.91 bits per heavy atom. The number of benzene rings is 2. The summed E-state index contributed by atoms with van der Waals surface area (Å²) in [6.45, 7) is -0.0130. The zero-order chi connectivity index (χ0) is 16.2. The van der Waals surface area contributed by atoms with Gasteiger partial charge in [-0.3, -0.25) is 4.79 Å². The molecule has 3 rings (SSSR count). The molecule has 1 N–H and O–H groups in total. The number of rotatable bonds is 5. The fraction of sp³-hybridized carbons (Fsp3) is 0.111. The van der Waals surface area contributed by atoms with Crippen LogP contribution in [0.5, 0.6) is 0 Å². The number of carbonyl (C=O) groups is 1. The fourth-order valence-corrected chi connectivity index (χ4v) is 3.13. The lowest BCUT2D eigenvalue weighted by molar-refractivity contribution is -0.135. The molecule has 0 bridgehead atoms. The number of anilines is 1. The van der Waals surface area contributed by atoms with E-state index in [9.17, 15) is 4.79 Å². The van der Waals surface area contributed by atoms with E-state index < -0.39 is 5.97 Å². The molecule has 4 nitrogen and oxygen atoms in total. The Kier molecular flexibility index (Phi) is 4.39. The maximum Gasteiger partial charge on any atom is 0.323 e. The predicted octanol–water partition coefficient (Wildman–Crippen LogP) is 3.99. The van der Waals surface area contributed by atoms with Crippen molar-refractivity contribution in [3.05, 3.63) is 59.1 Å².